The van der Waals surface area contributed by atoms with Crippen LogP contribution in [0.5, 0.6) is 0 Å². The molecule has 1 unspecified atom stereocenters. The van der Waals surface area contributed by atoms with Gasteiger partial charge in [-0.1, -0.05) is 11.6 Å². The fourth-order valence-corrected chi connectivity index (χ4v) is 1.50. The lowest BCUT2D eigenvalue weighted by Crippen LogP contribution is -2.07. The lowest BCUT2D eigenvalue weighted by atomic mass is 10.1. The summed E-state index contributed by atoms with van der Waals surface area (Å²) in [6.45, 7) is 1.27. The zero-order chi connectivity index (χ0) is 13.2. The van der Waals surface area contributed by atoms with E-state index in [1.165, 1.54) is 6.92 Å². The Morgan fingerprint density at radius 2 is 2.00 bits per heavy atom. The molecule has 7 nitrogen and oxygen atoms in total. The SMILES string of the molecule is CC(O[N+](=O)[O-])c1cc([N+](=O)[O-])c(F)cc1Cl. The fraction of sp³-hybridized carbons (Fsp3) is 0.250. The van der Waals surface area contributed by atoms with E-state index in [1.54, 1.807) is 0 Å². The minimum atomic E-state index is -1.13. The molecule has 0 aromatic heterocycles. The Hall–Kier alpha value is -1.96. The van der Waals surface area contributed by atoms with Gasteiger partial charge >= 0.3 is 5.69 Å². The van der Waals surface area contributed by atoms with E-state index in [0.29, 0.717) is 0 Å². The smallest absolute Gasteiger partial charge is 0.305 e. The fourth-order valence-electron chi connectivity index (χ4n) is 1.19. The van der Waals surface area contributed by atoms with Crippen LogP contribution in [0.25, 0.3) is 0 Å². The van der Waals surface area contributed by atoms with Gasteiger partial charge in [-0.05, 0) is 13.0 Å². The van der Waals surface area contributed by atoms with Crippen LogP contribution in [0.4, 0.5) is 10.1 Å². The van der Waals surface area contributed by atoms with Crippen LogP contribution in [0.3, 0.4) is 0 Å². The van der Waals surface area contributed by atoms with Crippen molar-refractivity contribution in [3.05, 3.63) is 48.8 Å². The Balaban J connectivity index is 3.19. The van der Waals surface area contributed by atoms with Crippen LogP contribution in [0.1, 0.15) is 18.6 Å². The highest BCUT2D eigenvalue weighted by Gasteiger charge is 2.22. The Morgan fingerprint density at radius 3 is 2.47 bits per heavy atom. The average molecular weight is 265 g/mol. The Kier molecular flexibility index (Phi) is 3.79. The number of rotatable bonds is 4. The lowest BCUT2D eigenvalue weighted by molar-refractivity contribution is -0.770. The minimum absolute atomic E-state index is 0.0310. The topological polar surface area (TPSA) is 95.5 Å². The molecule has 0 aliphatic heterocycles. The number of nitrogens with zero attached hydrogens (tertiary/aromatic N) is 2. The quantitative estimate of drug-likeness (QED) is 0.615. The molecule has 0 radical (unpaired) electrons. The van der Waals surface area contributed by atoms with Crippen molar-refractivity contribution < 1.29 is 19.2 Å². The van der Waals surface area contributed by atoms with Crippen LogP contribution < -0.4 is 0 Å². The van der Waals surface area contributed by atoms with Crippen LogP contribution in [0.2, 0.25) is 5.02 Å². The molecule has 92 valence electrons. The number of benzene rings is 1. The van der Waals surface area contributed by atoms with Crippen molar-refractivity contribution in [1.29, 1.82) is 0 Å². The van der Waals surface area contributed by atoms with Crippen molar-refractivity contribution in [2.75, 3.05) is 0 Å². The predicted molar refractivity (Wildman–Crippen MR) is 54.6 cm³/mol. The van der Waals surface area contributed by atoms with E-state index in [9.17, 15) is 24.6 Å². The second kappa shape index (κ2) is 4.91. The van der Waals surface area contributed by atoms with Crippen molar-refractivity contribution in [2.45, 2.75) is 13.0 Å². The van der Waals surface area contributed by atoms with E-state index < -0.39 is 27.6 Å². The molecule has 0 aliphatic rings. The number of halogens is 2. The Labute approximate surface area is 99.0 Å². The van der Waals surface area contributed by atoms with Gasteiger partial charge in [0.1, 0.15) is 6.10 Å². The molecular formula is C8H6ClFN2O5. The molecule has 0 aliphatic carbocycles. The van der Waals surface area contributed by atoms with Gasteiger partial charge in [0.2, 0.25) is 5.82 Å². The molecule has 9 heteroatoms. The van der Waals surface area contributed by atoms with Crippen LogP contribution in [-0.4, -0.2) is 10.0 Å². The zero-order valence-electron chi connectivity index (χ0n) is 8.42. The van der Waals surface area contributed by atoms with Crippen LogP contribution in [0, 0.1) is 26.0 Å². The first-order chi connectivity index (χ1) is 7.82. The maximum Gasteiger partial charge on any atom is 0.305 e. The third-order valence-corrected chi connectivity index (χ3v) is 2.27. The maximum absolute atomic E-state index is 13.1. The molecule has 0 spiro atoms. The first kappa shape index (κ1) is 13.1. The maximum atomic E-state index is 13.1. The van der Waals surface area contributed by atoms with Crippen molar-refractivity contribution in [3.8, 4) is 0 Å². The van der Waals surface area contributed by atoms with Gasteiger partial charge in [0, 0.05) is 16.7 Å². The first-order valence-electron chi connectivity index (χ1n) is 4.27. The van der Waals surface area contributed by atoms with E-state index in [-0.39, 0.29) is 10.6 Å². The Morgan fingerprint density at radius 1 is 1.41 bits per heavy atom. The molecule has 1 aromatic carbocycles. The monoisotopic (exact) mass is 264 g/mol. The largest absolute Gasteiger partial charge is 0.306 e. The number of hydrogen-bond acceptors (Lipinski definition) is 5. The summed E-state index contributed by atoms with van der Waals surface area (Å²) in [5.74, 6) is -1.11. The number of nitro benzene ring substituents is 1. The van der Waals surface area contributed by atoms with Gasteiger partial charge in [-0.2, -0.15) is 4.39 Å². The summed E-state index contributed by atoms with van der Waals surface area (Å²) in [5, 5.41) is 19.4. The van der Waals surface area contributed by atoms with Crippen molar-refractivity contribution >= 4 is 17.3 Å². The van der Waals surface area contributed by atoms with Gasteiger partial charge in [0.25, 0.3) is 5.09 Å². The standard InChI is InChI=1S/C8H6ClFN2O5/c1-4(17-12(15)16)5-2-8(11(13)14)7(10)3-6(5)9/h2-4H,1H3. The second-order valence-electron chi connectivity index (χ2n) is 3.05. The van der Waals surface area contributed by atoms with Gasteiger partial charge < -0.3 is 4.84 Å². The molecule has 0 saturated heterocycles. The molecule has 0 amide bonds. The van der Waals surface area contributed by atoms with Gasteiger partial charge in [-0.3, -0.25) is 10.1 Å². The summed E-state index contributed by atoms with van der Waals surface area (Å²) in [7, 11) is 0. The summed E-state index contributed by atoms with van der Waals surface area (Å²) >= 11 is 5.62. The molecule has 0 N–H and O–H groups in total. The van der Waals surface area contributed by atoms with Crippen LogP contribution in [0.15, 0.2) is 12.1 Å². The van der Waals surface area contributed by atoms with E-state index in [2.05, 4.69) is 4.84 Å². The van der Waals surface area contributed by atoms with E-state index in [0.717, 1.165) is 12.1 Å². The van der Waals surface area contributed by atoms with Gasteiger partial charge in [-0.25, -0.2) is 0 Å². The molecule has 0 bridgehead atoms. The van der Waals surface area contributed by atoms with Gasteiger partial charge in [0.05, 0.1) is 4.92 Å². The number of hydrogen-bond donors (Lipinski definition) is 0. The molecule has 0 saturated carbocycles. The van der Waals surface area contributed by atoms with E-state index >= 15 is 0 Å². The summed E-state index contributed by atoms with van der Waals surface area (Å²) in [6, 6.07) is 1.53. The highest BCUT2D eigenvalue weighted by Crippen LogP contribution is 2.31. The highest BCUT2D eigenvalue weighted by molar-refractivity contribution is 6.31. The predicted octanol–water partition coefficient (Wildman–Crippen LogP) is 2.66. The Bertz CT molecular complexity index is 481. The van der Waals surface area contributed by atoms with E-state index in [1.807, 2.05) is 0 Å². The molecule has 0 heterocycles. The summed E-state index contributed by atoms with van der Waals surface area (Å²) in [6.07, 6.45) is -1.13. The van der Waals surface area contributed by atoms with Crippen molar-refractivity contribution in [2.24, 2.45) is 0 Å². The molecule has 1 rings (SSSR count). The van der Waals surface area contributed by atoms with E-state index in [4.69, 9.17) is 11.6 Å². The third-order valence-electron chi connectivity index (χ3n) is 1.94. The minimum Gasteiger partial charge on any atom is -0.306 e. The second-order valence-corrected chi connectivity index (χ2v) is 3.46. The van der Waals surface area contributed by atoms with Crippen LogP contribution >= 0.6 is 11.6 Å². The summed E-state index contributed by atoms with van der Waals surface area (Å²) in [5.41, 5.74) is -0.848. The first-order valence-corrected chi connectivity index (χ1v) is 4.65. The van der Waals surface area contributed by atoms with Gasteiger partial charge in [0.15, 0.2) is 0 Å². The molecule has 17 heavy (non-hydrogen) atoms. The molecular weight excluding hydrogens is 259 g/mol. The van der Waals surface area contributed by atoms with Gasteiger partial charge in [-0.15, -0.1) is 10.1 Å². The third kappa shape index (κ3) is 3.00. The van der Waals surface area contributed by atoms with Crippen LogP contribution in [-0.2, 0) is 4.84 Å². The lowest BCUT2D eigenvalue weighted by Gasteiger charge is -2.11. The normalized spacial score (nSPS) is 11.9. The van der Waals surface area contributed by atoms with Crippen molar-refractivity contribution in [3.63, 3.8) is 0 Å². The highest BCUT2D eigenvalue weighted by atomic mass is 35.5. The molecule has 0 fully saturated rings. The average Bonchev–Trinajstić information content (AvgIpc) is 2.15. The zero-order valence-corrected chi connectivity index (χ0v) is 9.18. The molecule has 1 atom stereocenters. The molecule has 1 aromatic rings. The summed E-state index contributed by atoms with van der Waals surface area (Å²) < 4.78 is 13.1. The van der Waals surface area contributed by atoms with Crippen molar-refractivity contribution in [1.82, 2.24) is 0 Å². The number of nitro groups is 1. The summed E-state index contributed by atoms with van der Waals surface area (Å²) in [4.78, 5) is 23.8.